The number of fused-ring (bicyclic) bond motifs is 1. The maximum Gasteiger partial charge on any atom is 0.335 e. The Morgan fingerprint density at radius 1 is 1.16 bits per heavy atom. The highest BCUT2D eigenvalue weighted by Gasteiger charge is 2.19. The second-order valence-electron chi connectivity index (χ2n) is 6.07. The molecule has 0 amide bonds. The Kier molecular flexibility index (Phi) is 4.02. The highest BCUT2D eigenvalue weighted by atomic mass is 16.4. The second kappa shape index (κ2) is 6.48. The van der Waals surface area contributed by atoms with Crippen molar-refractivity contribution in [1.82, 2.24) is 24.5 Å². The van der Waals surface area contributed by atoms with Crippen LogP contribution in [-0.4, -0.2) is 61.7 Å². The summed E-state index contributed by atoms with van der Waals surface area (Å²) in [6.07, 6.45) is 3.44. The highest BCUT2D eigenvalue weighted by molar-refractivity contribution is 5.87. The molecule has 3 aromatic rings. The average molecular weight is 338 g/mol. The Morgan fingerprint density at radius 3 is 2.80 bits per heavy atom. The molecule has 4 rings (SSSR count). The van der Waals surface area contributed by atoms with E-state index >= 15 is 0 Å². The predicted molar refractivity (Wildman–Crippen MR) is 91.7 cm³/mol. The minimum absolute atomic E-state index is 0.336. The number of aromatic nitrogens is 4. The molecule has 3 heterocycles. The molecule has 0 unspecified atom stereocenters. The van der Waals surface area contributed by atoms with E-state index in [9.17, 15) is 4.79 Å². The standard InChI is InChI=1S/C17H18N6O2/c24-16(25)14-3-1-2-13(10-14)11-21-6-8-22(9-7-21)15-4-5-18-17-20-19-12-23(15)17/h1-5,10,12H,6-9,11H2,(H,24,25). The highest BCUT2D eigenvalue weighted by Crippen LogP contribution is 2.17. The van der Waals surface area contributed by atoms with Crippen LogP contribution in [0.3, 0.4) is 0 Å². The number of hydrogen-bond donors (Lipinski definition) is 1. The lowest BCUT2D eigenvalue weighted by molar-refractivity contribution is 0.0696. The first-order valence-electron chi connectivity index (χ1n) is 8.15. The fourth-order valence-corrected chi connectivity index (χ4v) is 3.18. The van der Waals surface area contributed by atoms with Crippen LogP contribution in [0.5, 0.6) is 0 Å². The maximum absolute atomic E-state index is 11.1. The molecule has 1 aromatic carbocycles. The minimum Gasteiger partial charge on any atom is -0.478 e. The largest absolute Gasteiger partial charge is 0.478 e. The molecule has 0 aliphatic carbocycles. The Labute approximate surface area is 144 Å². The first-order valence-corrected chi connectivity index (χ1v) is 8.15. The van der Waals surface area contributed by atoms with Crippen LogP contribution in [0.2, 0.25) is 0 Å². The van der Waals surface area contributed by atoms with Crippen LogP contribution in [-0.2, 0) is 6.54 Å². The molecule has 0 atom stereocenters. The van der Waals surface area contributed by atoms with Crippen LogP contribution in [0.15, 0.2) is 42.9 Å². The third kappa shape index (κ3) is 3.16. The van der Waals surface area contributed by atoms with Gasteiger partial charge in [0.2, 0.25) is 0 Å². The normalized spacial score (nSPS) is 15.6. The molecule has 1 N–H and O–H groups in total. The summed E-state index contributed by atoms with van der Waals surface area (Å²) >= 11 is 0. The lowest BCUT2D eigenvalue weighted by Crippen LogP contribution is -2.46. The Hall–Kier alpha value is -3.00. The van der Waals surface area contributed by atoms with Crippen molar-refractivity contribution in [2.45, 2.75) is 6.54 Å². The van der Waals surface area contributed by atoms with E-state index in [4.69, 9.17) is 5.11 Å². The molecule has 0 radical (unpaired) electrons. The third-order valence-corrected chi connectivity index (χ3v) is 4.47. The van der Waals surface area contributed by atoms with Gasteiger partial charge < -0.3 is 10.0 Å². The number of aromatic carboxylic acids is 1. The molecule has 8 nitrogen and oxygen atoms in total. The Balaban J connectivity index is 1.42. The Bertz CT molecular complexity index is 901. The van der Waals surface area contributed by atoms with Gasteiger partial charge in [-0.05, 0) is 23.8 Å². The number of carboxylic acid groups (broad SMARTS) is 1. The number of piperazine rings is 1. The van der Waals surface area contributed by atoms with E-state index in [1.165, 1.54) is 0 Å². The van der Waals surface area contributed by atoms with Gasteiger partial charge in [0.1, 0.15) is 12.1 Å². The zero-order chi connectivity index (χ0) is 17.2. The lowest BCUT2D eigenvalue weighted by atomic mass is 10.1. The van der Waals surface area contributed by atoms with E-state index in [0.29, 0.717) is 11.3 Å². The zero-order valence-electron chi connectivity index (χ0n) is 13.6. The fourth-order valence-electron chi connectivity index (χ4n) is 3.18. The van der Waals surface area contributed by atoms with Gasteiger partial charge in [-0.1, -0.05) is 12.1 Å². The molecule has 0 spiro atoms. The molecule has 0 saturated carbocycles. The van der Waals surface area contributed by atoms with Crippen molar-refractivity contribution in [2.75, 3.05) is 31.1 Å². The van der Waals surface area contributed by atoms with Crippen molar-refractivity contribution in [3.05, 3.63) is 54.0 Å². The van der Waals surface area contributed by atoms with Crippen molar-refractivity contribution in [1.29, 1.82) is 0 Å². The van der Waals surface area contributed by atoms with Gasteiger partial charge in [0.15, 0.2) is 0 Å². The lowest BCUT2D eigenvalue weighted by Gasteiger charge is -2.36. The molecule has 1 aliphatic rings. The molecule has 2 aromatic heterocycles. The first-order chi connectivity index (χ1) is 12.2. The number of carbonyl (C=O) groups is 1. The summed E-state index contributed by atoms with van der Waals surface area (Å²) in [5, 5.41) is 17.0. The number of carboxylic acids is 1. The fraction of sp³-hybridized carbons (Fsp3) is 0.294. The van der Waals surface area contributed by atoms with Gasteiger partial charge in [-0.15, -0.1) is 10.2 Å². The SMILES string of the molecule is O=C(O)c1cccc(CN2CCN(c3ccnc4nncn34)CC2)c1. The van der Waals surface area contributed by atoms with Crippen LogP contribution >= 0.6 is 0 Å². The summed E-state index contributed by atoms with van der Waals surface area (Å²) in [5.74, 6) is 0.759. The van der Waals surface area contributed by atoms with Gasteiger partial charge in [-0.25, -0.2) is 9.78 Å². The van der Waals surface area contributed by atoms with Crippen LogP contribution < -0.4 is 4.90 Å². The topological polar surface area (TPSA) is 86.9 Å². The van der Waals surface area contributed by atoms with Gasteiger partial charge in [-0.3, -0.25) is 9.30 Å². The van der Waals surface area contributed by atoms with Crippen molar-refractivity contribution in [3.8, 4) is 0 Å². The van der Waals surface area contributed by atoms with Crippen molar-refractivity contribution in [2.24, 2.45) is 0 Å². The summed E-state index contributed by atoms with van der Waals surface area (Å²) < 4.78 is 1.89. The summed E-state index contributed by atoms with van der Waals surface area (Å²) in [7, 11) is 0. The summed E-state index contributed by atoms with van der Waals surface area (Å²) in [4.78, 5) is 19.9. The van der Waals surface area contributed by atoms with Crippen LogP contribution in [0, 0.1) is 0 Å². The quantitative estimate of drug-likeness (QED) is 0.763. The van der Waals surface area contributed by atoms with Gasteiger partial charge >= 0.3 is 5.97 Å². The zero-order valence-corrected chi connectivity index (χ0v) is 13.6. The first kappa shape index (κ1) is 15.5. The summed E-state index contributed by atoms with van der Waals surface area (Å²) in [5.41, 5.74) is 1.36. The van der Waals surface area contributed by atoms with E-state index in [0.717, 1.165) is 44.1 Å². The van der Waals surface area contributed by atoms with Crippen molar-refractivity contribution >= 4 is 17.6 Å². The van der Waals surface area contributed by atoms with Crippen molar-refractivity contribution in [3.63, 3.8) is 0 Å². The molecule has 1 fully saturated rings. The van der Waals surface area contributed by atoms with E-state index < -0.39 is 5.97 Å². The van der Waals surface area contributed by atoms with E-state index in [2.05, 4.69) is 25.0 Å². The number of benzene rings is 1. The average Bonchev–Trinajstić information content (AvgIpc) is 3.11. The van der Waals surface area contributed by atoms with E-state index in [1.807, 2.05) is 16.5 Å². The van der Waals surface area contributed by atoms with Crippen LogP contribution in [0.25, 0.3) is 5.78 Å². The number of anilines is 1. The smallest absolute Gasteiger partial charge is 0.335 e. The number of rotatable bonds is 4. The van der Waals surface area contributed by atoms with Gasteiger partial charge in [0, 0.05) is 38.9 Å². The monoisotopic (exact) mass is 338 g/mol. The van der Waals surface area contributed by atoms with Crippen molar-refractivity contribution < 1.29 is 9.90 Å². The Morgan fingerprint density at radius 2 is 2.00 bits per heavy atom. The molecule has 1 aliphatic heterocycles. The van der Waals surface area contributed by atoms with Crippen LogP contribution in [0.4, 0.5) is 5.82 Å². The van der Waals surface area contributed by atoms with Gasteiger partial charge in [-0.2, -0.15) is 0 Å². The summed E-state index contributed by atoms with van der Waals surface area (Å²) in [6, 6.07) is 9.12. The van der Waals surface area contributed by atoms with E-state index in [-0.39, 0.29) is 0 Å². The number of hydrogen-bond acceptors (Lipinski definition) is 6. The molecule has 8 heteroatoms. The number of nitrogens with zero attached hydrogens (tertiary/aromatic N) is 6. The maximum atomic E-state index is 11.1. The predicted octanol–water partition coefficient (Wildman–Crippen LogP) is 1.14. The van der Waals surface area contributed by atoms with E-state index in [1.54, 1.807) is 30.7 Å². The molecule has 1 saturated heterocycles. The van der Waals surface area contributed by atoms with Gasteiger partial charge in [0.05, 0.1) is 5.56 Å². The third-order valence-electron chi connectivity index (χ3n) is 4.47. The minimum atomic E-state index is -0.887. The molecule has 25 heavy (non-hydrogen) atoms. The van der Waals surface area contributed by atoms with Gasteiger partial charge in [0.25, 0.3) is 5.78 Å². The molecule has 0 bridgehead atoms. The summed E-state index contributed by atoms with van der Waals surface area (Å²) in [6.45, 7) is 4.34. The second-order valence-corrected chi connectivity index (χ2v) is 6.07. The molecular formula is C17H18N6O2. The van der Waals surface area contributed by atoms with Crippen LogP contribution in [0.1, 0.15) is 15.9 Å². The molecule has 128 valence electrons. The molecular weight excluding hydrogens is 320 g/mol.